The molecule has 8 nitrogen and oxygen atoms in total. The smallest absolute Gasteiger partial charge is 0.244 e. The molecule has 0 radical (unpaired) electrons. The Labute approximate surface area is 266 Å². The van der Waals surface area contributed by atoms with Crippen molar-refractivity contribution in [1.82, 2.24) is 10.2 Å². The van der Waals surface area contributed by atoms with Crippen LogP contribution >= 0.6 is 0 Å². The third-order valence-corrected chi connectivity index (χ3v) is 8.66. The normalized spacial score (nSPS) is 12.5. The molecule has 4 rings (SSSR count). The van der Waals surface area contributed by atoms with Crippen LogP contribution in [0.3, 0.4) is 0 Å². The molecule has 2 atom stereocenters. The Morgan fingerprint density at radius 1 is 0.778 bits per heavy atom. The summed E-state index contributed by atoms with van der Waals surface area (Å²) in [5.74, 6) is -0.213. The van der Waals surface area contributed by atoms with Crippen LogP contribution < -0.4 is 14.4 Å². The van der Waals surface area contributed by atoms with Crippen molar-refractivity contribution in [3.63, 3.8) is 0 Å². The van der Waals surface area contributed by atoms with Crippen molar-refractivity contribution in [2.75, 3.05) is 17.1 Å². The molecular weight excluding hydrogens is 586 g/mol. The van der Waals surface area contributed by atoms with Gasteiger partial charge in [0.25, 0.3) is 0 Å². The molecule has 4 aromatic carbocycles. The Kier molecular flexibility index (Phi) is 11.8. The Bertz CT molecular complexity index is 1620. The van der Waals surface area contributed by atoms with E-state index in [1.165, 1.54) is 4.90 Å². The average Bonchev–Trinajstić information content (AvgIpc) is 3.05. The first-order valence-electron chi connectivity index (χ1n) is 15.1. The number of hydrogen-bond donors (Lipinski definition) is 1. The highest BCUT2D eigenvalue weighted by molar-refractivity contribution is 7.92. The maximum Gasteiger partial charge on any atom is 0.244 e. The minimum atomic E-state index is -3.87. The summed E-state index contributed by atoms with van der Waals surface area (Å²) in [6.45, 7) is 3.92. The van der Waals surface area contributed by atoms with Crippen molar-refractivity contribution >= 4 is 27.5 Å². The van der Waals surface area contributed by atoms with E-state index in [4.69, 9.17) is 4.74 Å². The van der Waals surface area contributed by atoms with Crippen LogP contribution in [-0.2, 0) is 39.2 Å². The highest BCUT2D eigenvalue weighted by Gasteiger charge is 2.33. The summed E-state index contributed by atoms with van der Waals surface area (Å²) in [5.41, 5.74) is 3.04. The Hall–Kier alpha value is -4.63. The highest BCUT2D eigenvalue weighted by Crippen LogP contribution is 2.24. The highest BCUT2D eigenvalue weighted by atomic mass is 32.2. The molecule has 0 bridgehead atoms. The van der Waals surface area contributed by atoms with Crippen molar-refractivity contribution in [2.24, 2.45) is 0 Å². The number of anilines is 1. The molecule has 0 spiro atoms. The summed E-state index contributed by atoms with van der Waals surface area (Å²) in [6.07, 6.45) is 2.07. The molecule has 0 saturated carbocycles. The third-order valence-electron chi connectivity index (χ3n) is 7.52. The van der Waals surface area contributed by atoms with Gasteiger partial charge in [0.15, 0.2) is 0 Å². The zero-order chi connectivity index (χ0) is 32.2. The van der Waals surface area contributed by atoms with Gasteiger partial charge in [0, 0.05) is 19.0 Å². The standard InChI is InChI=1S/C36H41N3O5S/c1-4-28(2)37-36(41)34(24-29-14-8-5-9-15-29)38(25-30-16-10-6-11-17-30)35(40)26-39(45(3,42)43)32-20-22-33(23-21-32)44-27-31-18-12-7-13-19-31/h5-23,28,34H,4,24-27H2,1-3H3,(H,37,41)/t28-,34+/m1/s1. The molecule has 4 aromatic rings. The maximum absolute atomic E-state index is 14.2. The lowest BCUT2D eigenvalue weighted by molar-refractivity contribution is -0.140. The topological polar surface area (TPSA) is 96.0 Å². The van der Waals surface area contributed by atoms with Crippen molar-refractivity contribution in [2.45, 2.75) is 51.9 Å². The lowest BCUT2D eigenvalue weighted by Crippen LogP contribution is -2.54. The maximum atomic E-state index is 14.2. The van der Waals surface area contributed by atoms with Crippen LogP contribution in [0, 0.1) is 0 Å². The van der Waals surface area contributed by atoms with Gasteiger partial charge in [0.05, 0.1) is 11.9 Å². The van der Waals surface area contributed by atoms with Gasteiger partial charge < -0.3 is 15.0 Å². The molecular formula is C36H41N3O5S. The van der Waals surface area contributed by atoms with Gasteiger partial charge in [-0.15, -0.1) is 0 Å². The van der Waals surface area contributed by atoms with Gasteiger partial charge in [-0.05, 0) is 54.3 Å². The minimum absolute atomic E-state index is 0.0976. The molecule has 9 heteroatoms. The molecule has 0 fully saturated rings. The van der Waals surface area contributed by atoms with E-state index in [9.17, 15) is 18.0 Å². The van der Waals surface area contributed by atoms with Gasteiger partial charge >= 0.3 is 0 Å². The first kappa shape index (κ1) is 33.3. The number of nitrogens with one attached hydrogen (secondary N) is 1. The van der Waals surface area contributed by atoms with Crippen molar-refractivity contribution in [3.05, 3.63) is 132 Å². The molecule has 1 N–H and O–H groups in total. The predicted molar refractivity (Wildman–Crippen MR) is 178 cm³/mol. The number of carbonyl (C=O) groups is 2. The molecule has 0 unspecified atom stereocenters. The molecule has 0 heterocycles. The van der Waals surface area contributed by atoms with Crippen molar-refractivity contribution < 1.29 is 22.7 Å². The van der Waals surface area contributed by atoms with Crippen LogP contribution in [0.15, 0.2) is 115 Å². The number of sulfonamides is 1. The van der Waals surface area contributed by atoms with Gasteiger partial charge in [0.1, 0.15) is 24.9 Å². The molecule has 2 amide bonds. The monoisotopic (exact) mass is 627 g/mol. The summed E-state index contributed by atoms with van der Waals surface area (Å²) < 4.78 is 33.1. The van der Waals surface area contributed by atoms with E-state index in [1.54, 1.807) is 24.3 Å². The van der Waals surface area contributed by atoms with E-state index < -0.39 is 28.5 Å². The second-order valence-electron chi connectivity index (χ2n) is 11.1. The van der Waals surface area contributed by atoms with Crippen molar-refractivity contribution in [3.8, 4) is 5.75 Å². The molecule has 0 aliphatic heterocycles. The van der Waals surface area contributed by atoms with Crippen LogP contribution in [0.25, 0.3) is 0 Å². The summed E-state index contributed by atoms with van der Waals surface area (Å²) in [5, 5.41) is 3.04. The number of nitrogens with zero attached hydrogens (tertiary/aromatic N) is 2. The number of carbonyl (C=O) groups excluding carboxylic acids is 2. The van der Waals surface area contributed by atoms with E-state index in [0.29, 0.717) is 18.0 Å². The molecule has 0 aliphatic carbocycles. The van der Waals surface area contributed by atoms with Gasteiger partial charge in [-0.2, -0.15) is 0 Å². The van der Waals surface area contributed by atoms with Crippen LogP contribution in [0.2, 0.25) is 0 Å². The Morgan fingerprint density at radius 3 is 1.84 bits per heavy atom. The molecule has 0 aromatic heterocycles. The second kappa shape index (κ2) is 15.9. The fraction of sp³-hybridized carbons (Fsp3) is 0.278. The number of benzene rings is 4. The largest absolute Gasteiger partial charge is 0.489 e. The van der Waals surface area contributed by atoms with Gasteiger partial charge in [-0.3, -0.25) is 13.9 Å². The van der Waals surface area contributed by atoms with Crippen LogP contribution in [-0.4, -0.2) is 50.0 Å². The first-order valence-corrected chi connectivity index (χ1v) is 16.9. The summed E-state index contributed by atoms with van der Waals surface area (Å²) >= 11 is 0. The zero-order valence-electron chi connectivity index (χ0n) is 26.0. The predicted octanol–water partition coefficient (Wildman–Crippen LogP) is 5.59. The number of ether oxygens (including phenoxy) is 1. The van der Waals surface area contributed by atoms with E-state index in [-0.39, 0.29) is 24.9 Å². The van der Waals surface area contributed by atoms with E-state index in [1.807, 2.05) is 105 Å². The summed E-state index contributed by atoms with van der Waals surface area (Å²) in [6, 6.07) is 34.2. The van der Waals surface area contributed by atoms with Crippen LogP contribution in [0.5, 0.6) is 5.75 Å². The number of hydrogen-bond acceptors (Lipinski definition) is 5. The summed E-state index contributed by atoms with van der Waals surface area (Å²) in [4.78, 5) is 29.5. The van der Waals surface area contributed by atoms with Gasteiger partial charge in [-0.25, -0.2) is 8.42 Å². The lowest BCUT2D eigenvalue weighted by Gasteiger charge is -2.34. The summed E-state index contributed by atoms with van der Waals surface area (Å²) in [7, 11) is -3.87. The fourth-order valence-electron chi connectivity index (χ4n) is 4.84. The molecule has 0 aliphatic rings. The van der Waals surface area contributed by atoms with E-state index in [2.05, 4.69) is 5.32 Å². The second-order valence-corrected chi connectivity index (χ2v) is 13.0. The van der Waals surface area contributed by atoms with E-state index >= 15 is 0 Å². The zero-order valence-corrected chi connectivity index (χ0v) is 26.8. The third kappa shape index (κ3) is 9.94. The van der Waals surface area contributed by atoms with Gasteiger partial charge in [-0.1, -0.05) is 97.9 Å². The minimum Gasteiger partial charge on any atom is -0.489 e. The molecule has 236 valence electrons. The van der Waals surface area contributed by atoms with Crippen LogP contribution in [0.4, 0.5) is 5.69 Å². The van der Waals surface area contributed by atoms with Crippen molar-refractivity contribution in [1.29, 1.82) is 0 Å². The van der Waals surface area contributed by atoms with Gasteiger partial charge in [0.2, 0.25) is 21.8 Å². The SMILES string of the molecule is CC[C@@H](C)NC(=O)[C@H](Cc1ccccc1)N(Cc1ccccc1)C(=O)CN(c1ccc(OCc2ccccc2)cc1)S(C)(=O)=O. The van der Waals surface area contributed by atoms with Crippen LogP contribution in [0.1, 0.15) is 37.0 Å². The molecule has 45 heavy (non-hydrogen) atoms. The molecule has 0 saturated heterocycles. The quantitative estimate of drug-likeness (QED) is 0.186. The Morgan fingerprint density at radius 2 is 1.31 bits per heavy atom. The number of amides is 2. The fourth-order valence-corrected chi connectivity index (χ4v) is 5.69. The Balaban J connectivity index is 1.63. The number of rotatable bonds is 15. The average molecular weight is 628 g/mol. The van der Waals surface area contributed by atoms with E-state index in [0.717, 1.165) is 33.7 Å². The lowest BCUT2D eigenvalue weighted by atomic mass is 10.0. The first-order chi connectivity index (χ1) is 21.6.